The van der Waals surface area contributed by atoms with Crippen molar-refractivity contribution in [3.63, 3.8) is 0 Å². The van der Waals surface area contributed by atoms with Crippen LogP contribution in [0.5, 0.6) is 0 Å². The monoisotopic (exact) mass is 271 g/mol. The normalized spacial score (nSPS) is 10.1. The average molecular weight is 271 g/mol. The molecule has 110 valence electrons. The van der Waals surface area contributed by atoms with Crippen molar-refractivity contribution in [3.05, 3.63) is 0 Å². The first-order valence-electron chi connectivity index (χ1n) is 6.87. The van der Waals surface area contributed by atoms with E-state index in [1.54, 1.807) is 0 Å². The minimum Gasteiger partial charge on any atom is -0.334 e. The Bertz CT molecular complexity index is 295. The number of imide groups is 1. The van der Waals surface area contributed by atoms with Crippen molar-refractivity contribution in [3.8, 4) is 0 Å². The Kier molecular flexibility index (Phi) is 9.70. The number of rotatable bonds is 9. The first-order chi connectivity index (χ1) is 9.12. The Labute approximate surface area is 114 Å². The topological polar surface area (TPSA) is 83.7 Å². The number of carbonyl (C=O) groups is 3. The molecular weight excluding hydrogens is 246 g/mol. The minimum absolute atomic E-state index is 0.193. The molecule has 6 nitrogen and oxygen atoms in total. The summed E-state index contributed by atoms with van der Waals surface area (Å²) < 4.78 is 0. The second-order valence-corrected chi connectivity index (χ2v) is 4.39. The van der Waals surface area contributed by atoms with Crippen molar-refractivity contribution in [1.29, 1.82) is 0 Å². The Hall–Kier alpha value is -1.43. The predicted octanol–water partition coefficient (Wildman–Crippen LogP) is 0.359. The van der Waals surface area contributed by atoms with Crippen LogP contribution in [-0.2, 0) is 14.4 Å². The second-order valence-electron chi connectivity index (χ2n) is 4.39. The number of nitrogens with zero attached hydrogens (tertiary/aromatic N) is 2. The van der Waals surface area contributed by atoms with E-state index in [1.165, 1.54) is 4.90 Å². The highest BCUT2D eigenvalue weighted by molar-refractivity contribution is 6.36. The molecule has 0 aromatic carbocycles. The summed E-state index contributed by atoms with van der Waals surface area (Å²) in [5, 5.41) is 0. The first-order valence-corrected chi connectivity index (χ1v) is 6.87. The fourth-order valence-electron chi connectivity index (χ4n) is 1.66. The smallest absolute Gasteiger partial charge is 0.318 e. The van der Waals surface area contributed by atoms with Crippen LogP contribution in [0.15, 0.2) is 0 Å². The molecule has 2 N–H and O–H groups in total. The largest absolute Gasteiger partial charge is 0.334 e. The predicted molar refractivity (Wildman–Crippen MR) is 73.2 cm³/mol. The zero-order valence-corrected chi connectivity index (χ0v) is 11.9. The van der Waals surface area contributed by atoms with E-state index in [0.29, 0.717) is 32.5 Å². The molecule has 0 unspecified atom stereocenters. The molecular formula is C13H25N3O3. The summed E-state index contributed by atoms with van der Waals surface area (Å²) in [6, 6.07) is 0. The summed E-state index contributed by atoms with van der Waals surface area (Å²) in [5.74, 6) is -1.35. The zero-order valence-electron chi connectivity index (χ0n) is 11.9. The van der Waals surface area contributed by atoms with Crippen LogP contribution in [0.2, 0.25) is 0 Å². The van der Waals surface area contributed by atoms with Gasteiger partial charge in [-0.25, -0.2) is 0 Å². The fraction of sp³-hybridized carbons (Fsp3) is 0.769. The molecule has 0 atom stereocenters. The average Bonchev–Trinajstić information content (AvgIpc) is 2.43. The SMILES string of the molecule is CCCCN(CCC)C(=O)C(=O)N(C=O)CCCN. The number of carbonyl (C=O) groups excluding carboxylic acids is 3. The van der Waals surface area contributed by atoms with Crippen molar-refractivity contribution in [2.45, 2.75) is 39.5 Å². The van der Waals surface area contributed by atoms with Crippen LogP contribution < -0.4 is 5.73 Å². The van der Waals surface area contributed by atoms with Gasteiger partial charge in [0.1, 0.15) is 0 Å². The van der Waals surface area contributed by atoms with Crippen LogP contribution in [0.25, 0.3) is 0 Å². The number of hydrogen-bond acceptors (Lipinski definition) is 4. The lowest BCUT2D eigenvalue weighted by atomic mass is 10.2. The Morgan fingerprint density at radius 1 is 1.00 bits per heavy atom. The quantitative estimate of drug-likeness (QED) is 0.485. The molecule has 0 bridgehead atoms. The van der Waals surface area contributed by atoms with Crippen LogP contribution >= 0.6 is 0 Å². The lowest BCUT2D eigenvalue weighted by Crippen LogP contribution is -2.46. The molecule has 19 heavy (non-hydrogen) atoms. The van der Waals surface area contributed by atoms with Gasteiger partial charge in [-0.15, -0.1) is 0 Å². The lowest BCUT2D eigenvalue weighted by Gasteiger charge is -2.23. The third-order valence-corrected chi connectivity index (χ3v) is 2.74. The summed E-state index contributed by atoms with van der Waals surface area (Å²) in [6.07, 6.45) is 3.49. The zero-order chi connectivity index (χ0) is 14.7. The molecule has 0 spiro atoms. The van der Waals surface area contributed by atoms with Gasteiger partial charge in [-0.3, -0.25) is 19.3 Å². The van der Waals surface area contributed by atoms with Gasteiger partial charge in [0.05, 0.1) is 0 Å². The molecule has 0 aliphatic rings. The highest BCUT2D eigenvalue weighted by Gasteiger charge is 2.25. The van der Waals surface area contributed by atoms with Gasteiger partial charge in [0, 0.05) is 19.6 Å². The Morgan fingerprint density at radius 3 is 2.16 bits per heavy atom. The van der Waals surface area contributed by atoms with Crippen LogP contribution in [0.3, 0.4) is 0 Å². The molecule has 6 heteroatoms. The second kappa shape index (κ2) is 10.5. The standard InChI is InChI=1S/C13H25N3O3/c1-3-5-9-15(8-4-2)12(18)13(19)16(11-17)10-6-7-14/h11H,3-10,14H2,1-2H3. The summed E-state index contributed by atoms with van der Waals surface area (Å²) in [7, 11) is 0. The molecule has 0 fully saturated rings. The van der Waals surface area contributed by atoms with Gasteiger partial charge in [-0.05, 0) is 25.8 Å². The van der Waals surface area contributed by atoms with E-state index < -0.39 is 11.8 Å². The van der Waals surface area contributed by atoms with Crippen LogP contribution in [0, 0.1) is 0 Å². The molecule has 0 saturated carbocycles. The Morgan fingerprint density at radius 2 is 1.68 bits per heavy atom. The Balaban J connectivity index is 4.61. The van der Waals surface area contributed by atoms with Crippen molar-refractivity contribution in [1.82, 2.24) is 9.80 Å². The molecule has 0 radical (unpaired) electrons. The minimum atomic E-state index is -0.756. The van der Waals surface area contributed by atoms with E-state index in [-0.39, 0.29) is 6.54 Å². The van der Waals surface area contributed by atoms with Crippen LogP contribution in [0.4, 0.5) is 0 Å². The van der Waals surface area contributed by atoms with E-state index in [4.69, 9.17) is 5.73 Å². The number of hydrogen-bond donors (Lipinski definition) is 1. The van der Waals surface area contributed by atoms with Crippen molar-refractivity contribution < 1.29 is 14.4 Å². The van der Waals surface area contributed by atoms with Crippen molar-refractivity contribution >= 4 is 18.2 Å². The maximum Gasteiger partial charge on any atom is 0.318 e. The lowest BCUT2D eigenvalue weighted by molar-refractivity contribution is -0.154. The molecule has 3 amide bonds. The van der Waals surface area contributed by atoms with Gasteiger partial charge >= 0.3 is 11.8 Å². The third kappa shape index (κ3) is 6.33. The van der Waals surface area contributed by atoms with Gasteiger partial charge in [0.2, 0.25) is 6.41 Å². The summed E-state index contributed by atoms with van der Waals surface area (Å²) in [5.41, 5.74) is 5.33. The molecule has 0 rings (SSSR count). The summed E-state index contributed by atoms with van der Waals surface area (Å²) >= 11 is 0. The molecule has 0 aromatic rings. The molecule has 0 heterocycles. The van der Waals surface area contributed by atoms with E-state index >= 15 is 0 Å². The van der Waals surface area contributed by atoms with E-state index in [9.17, 15) is 14.4 Å². The molecule has 0 aromatic heterocycles. The maximum atomic E-state index is 12.0. The number of nitrogens with two attached hydrogens (primary N) is 1. The number of unbranched alkanes of at least 4 members (excludes halogenated alkanes) is 1. The van der Waals surface area contributed by atoms with Crippen molar-refractivity contribution in [2.75, 3.05) is 26.2 Å². The molecule has 0 aliphatic heterocycles. The van der Waals surface area contributed by atoms with E-state index in [2.05, 4.69) is 0 Å². The highest BCUT2D eigenvalue weighted by Crippen LogP contribution is 2.01. The number of amides is 3. The highest BCUT2D eigenvalue weighted by atomic mass is 16.2. The van der Waals surface area contributed by atoms with Crippen LogP contribution in [0.1, 0.15) is 39.5 Å². The van der Waals surface area contributed by atoms with Crippen molar-refractivity contribution in [2.24, 2.45) is 5.73 Å². The van der Waals surface area contributed by atoms with Gasteiger partial charge in [0.15, 0.2) is 0 Å². The fourth-order valence-corrected chi connectivity index (χ4v) is 1.66. The first kappa shape index (κ1) is 17.6. The molecule has 0 aliphatic carbocycles. The van der Waals surface area contributed by atoms with Gasteiger partial charge in [-0.2, -0.15) is 0 Å². The van der Waals surface area contributed by atoms with Gasteiger partial charge in [-0.1, -0.05) is 20.3 Å². The van der Waals surface area contributed by atoms with Gasteiger partial charge in [0.25, 0.3) is 0 Å². The summed E-state index contributed by atoms with van der Waals surface area (Å²) in [6.45, 7) is 5.63. The van der Waals surface area contributed by atoms with E-state index in [0.717, 1.165) is 24.2 Å². The van der Waals surface area contributed by atoms with E-state index in [1.807, 2.05) is 13.8 Å². The van der Waals surface area contributed by atoms with Gasteiger partial charge < -0.3 is 10.6 Å². The summed E-state index contributed by atoms with van der Waals surface area (Å²) in [4.78, 5) is 37.2. The third-order valence-electron chi connectivity index (χ3n) is 2.74. The van der Waals surface area contributed by atoms with Crippen LogP contribution in [-0.4, -0.2) is 54.2 Å². The molecule has 0 saturated heterocycles. The maximum absolute atomic E-state index is 12.0.